The van der Waals surface area contributed by atoms with Gasteiger partial charge in [0, 0.05) is 19.0 Å². The maximum absolute atomic E-state index is 12.7. The lowest BCUT2D eigenvalue weighted by Gasteiger charge is -2.30. The first-order valence-electron chi connectivity index (χ1n) is 7.26. The topological polar surface area (TPSA) is 84.7 Å². The summed E-state index contributed by atoms with van der Waals surface area (Å²) in [6.45, 7) is 1.71. The Bertz CT molecular complexity index is 513. The molecule has 22 heavy (non-hydrogen) atoms. The summed E-state index contributed by atoms with van der Waals surface area (Å²) in [5, 5.41) is 2.75. The molecule has 0 aliphatic carbocycles. The minimum absolute atomic E-state index is 0.133. The fraction of sp³-hybridized carbons (Fsp3) is 0.467. The number of amides is 3. The second-order valence-corrected chi connectivity index (χ2v) is 5.20. The zero-order chi connectivity index (χ0) is 15.9. The molecule has 1 fully saturated rings. The number of hydrogen-bond donors (Lipinski definition) is 2. The predicted octanol–water partition coefficient (Wildman–Crippen LogP) is 1.11. The third-order valence-electron chi connectivity index (χ3n) is 3.65. The predicted molar refractivity (Wildman–Crippen MR) is 78.8 cm³/mol. The normalized spacial score (nSPS) is 15.4. The molecule has 7 heteroatoms. The summed E-state index contributed by atoms with van der Waals surface area (Å²) >= 11 is 0. The van der Waals surface area contributed by atoms with Gasteiger partial charge in [0.15, 0.2) is 0 Å². The van der Waals surface area contributed by atoms with Gasteiger partial charge in [-0.25, -0.2) is 9.18 Å². The zero-order valence-electron chi connectivity index (χ0n) is 12.3. The SMILES string of the molecule is NC(=O)C1CCN(C(=O)NCCOc2ccc(F)cc2)CC1. The van der Waals surface area contributed by atoms with E-state index in [9.17, 15) is 14.0 Å². The minimum Gasteiger partial charge on any atom is -0.492 e. The summed E-state index contributed by atoms with van der Waals surface area (Å²) in [5.41, 5.74) is 5.25. The van der Waals surface area contributed by atoms with Gasteiger partial charge >= 0.3 is 6.03 Å². The first kappa shape index (κ1) is 16.1. The quantitative estimate of drug-likeness (QED) is 0.799. The van der Waals surface area contributed by atoms with Gasteiger partial charge in [0.1, 0.15) is 18.2 Å². The fourth-order valence-corrected chi connectivity index (χ4v) is 2.34. The molecule has 0 bridgehead atoms. The van der Waals surface area contributed by atoms with Gasteiger partial charge in [-0.2, -0.15) is 0 Å². The van der Waals surface area contributed by atoms with Crippen molar-refractivity contribution in [3.8, 4) is 5.75 Å². The number of primary amides is 1. The van der Waals surface area contributed by atoms with Crippen LogP contribution in [0, 0.1) is 11.7 Å². The molecule has 0 saturated carbocycles. The summed E-state index contributed by atoms with van der Waals surface area (Å²) < 4.78 is 18.1. The summed E-state index contributed by atoms with van der Waals surface area (Å²) in [5.74, 6) is -0.198. The van der Waals surface area contributed by atoms with E-state index >= 15 is 0 Å². The number of halogens is 1. The van der Waals surface area contributed by atoms with Crippen LogP contribution in [-0.2, 0) is 4.79 Å². The molecule has 3 amide bonds. The van der Waals surface area contributed by atoms with Crippen molar-refractivity contribution in [3.63, 3.8) is 0 Å². The summed E-state index contributed by atoms with van der Waals surface area (Å²) in [6.07, 6.45) is 1.21. The number of piperidine rings is 1. The molecule has 1 aliphatic heterocycles. The van der Waals surface area contributed by atoms with Crippen LogP contribution in [0.3, 0.4) is 0 Å². The Morgan fingerprint density at radius 1 is 1.27 bits per heavy atom. The molecule has 3 N–H and O–H groups in total. The lowest BCUT2D eigenvalue weighted by Crippen LogP contribution is -2.47. The molecule has 2 rings (SSSR count). The molecular weight excluding hydrogens is 289 g/mol. The van der Waals surface area contributed by atoms with Crippen LogP contribution >= 0.6 is 0 Å². The van der Waals surface area contributed by atoms with Crippen LogP contribution in [0.25, 0.3) is 0 Å². The van der Waals surface area contributed by atoms with Crippen molar-refractivity contribution in [1.82, 2.24) is 10.2 Å². The number of benzene rings is 1. The van der Waals surface area contributed by atoms with Crippen LogP contribution in [0.2, 0.25) is 0 Å². The minimum atomic E-state index is -0.319. The Kier molecular flexibility index (Phi) is 5.57. The number of carbonyl (C=O) groups excluding carboxylic acids is 2. The highest BCUT2D eigenvalue weighted by Gasteiger charge is 2.25. The van der Waals surface area contributed by atoms with Gasteiger partial charge in [-0.05, 0) is 37.1 Å². The number of nitrogens with two attached hydrogens (primary N) is 1. The first-order chi connectivity index (χ1) is 10.6. The molecule has 6 nitrogen and oxygen atoms in total. The van der Waals surface area contributed by atoms with E-state index in [1.807, 2.05) is 0 Å². The highest BCUT2D eigenvalue weighted by atomic mass is 19.1. The molecule has 0 spiro atoms. The zero-order valence-corrected chi connectivity index (χ0v) is 12.3. The Morgan fingerprint density at radius 3 is 2.50 bits per heavy atom. The summed E-state index contributed by atoms with van der Waals surface area (Å²) in [4.78, 5) is 24.6. The highest BCUT2D eigenvalue weighted by molar-refractivity contribution is 5.78. The third kappa shape index (κ3) is 4.61. The van der Waals surface area contributed by atoms with Gasteiger partial charge in [0.25, 0.3) is 0 Å². The second kappa shape index (κ2) is 7.63. The molecule has 1 aliphatic rings. The molecule has 0 atom stereocenters. The molecule has 0 unspecified atom stereocenters. The van der Waals surface area contributed by atoms with Crippen LogP contribution in [0.4, 0.5) is 9.18 Å². The third-order valence-corrected chi connectivity index (χ3v) is 3.65. The van der Waals surface area contributed by atoms with Crippen LogP contribution in [0.1, 0.15) is 12.8 Å². The van der Waals surface area contributed by atoms with Crippen molar-refractivity contribution < 1.29 is 18.7 Å². The van der Waals surface area contributed by atoms with E-state index in [2.05, 4.69) is 5.32 Å². The Morgan fingerprint density at radius 2 is 1.91 bits per heavy atom. The molecular formula is C15H20FN3O3. The van der Waals surface area contributed by atoms with Crippen molar-refractivity contribution in [2.24, 2.45) is 11.7 Å². The van der Waals surface area contributed by atoms with Crippen molar-refractivity contribution in [1.29, 1.82) is 0 Å². The molecule has 1 aromatic rings. The number of likely N-dealkylation sites (tertiary alicyclic amines) is 1. The smallest absolute Gasteiger partial charge is 0.317 e. The van der Waals surface area contributed by atoms with Crippen molar-refractivity contribution in [2.75, 3.05) is 26.2 Å². The monoisotopic (exact) mass is 309 g/mol. The lowest BCUT2D eigenvalue weighted by molar-refractivity contribution is -0.123. The maximum atomic E-state index is 12.7. The molecule has 0 aromatic heterocycles. The van der Waals surface area contributed by atoms with E-state index in [0.29, 0.717) is 44.8 Å². The van der Waals surface area contributed by atoms with E-state index in [4.69, 9.17) is 10.5 Å². The van der Waals surface area contributed by atoms with E-state index < -0.39 is 0 Å². The van der Waals surface area contributed by atoms with Crippen LogP contribution in [0.15, 0.2) is 24.3 Å². The van der Waals surface area contributed by atoms with Crippen molar-refractivity contribution in [3.05, 3.63) is 30.1 Å². The van der Waals surface area contributed by atoms with Gasteiger partial charge in [0.05, 0.1) is 6.54 Å². The first-order valence-corrected chi connectivity index (χ1v) is 7.26. The van der Waals surface area contributed by atoms with Crippen molar-refractivity contribution in [2.45, 2.75) is 12.8 Å². The lowest BCUT2D eigenvalue weighted by atomic mass is 9.96. The van der Waals surface area contributed by atoms with Crippen LogP contribution in [0.5, 0.6) is 5.75 Å². The average molecular weight is 309 g/mol. The van der Waals surface area contributed by atoms with E-state index in [0.717, 1.165) is 0 Å². The standard InChI is InChI=1S/C15H20FN3O3/c16-12-1-3-13(4-2-12)22-10-7-18-15(21)19-8-5-11(6-9-19)14(17)20/h1-4,11H,5-10H2,(H2,17,20)(H,18,21). The van der Waals surface area contributed by atoms with Gasteiger partial charge in [0.2, 0.25) is 5.91 Å². The highest BCUT2D eigenvalue weighted by Crippen LogP contribution is 2.16. The number of hydrogen-bond acceptors (Lipinski definition) is 3. The van der Waals surface area contributed by atoms with Gasteiger partial charge in [-0.1, -0.05) is 0 Å². The number of nitrogens with zero attached hydrogens (tertiary/aromatic N) is 1. The Labute approximate surface area is 128 Å². The Balaban J connectivity index is 1.64. The molecule has 0 radical (unpaired) electrons. The van der Waals surface area contributed by atoms with E-state index in [-0.39, 0.29) is 23.7 Å². The molecule has 120 valence electrons. The molecule has 1 heterocycles. The maximum Gasteiger partial charge on any atom is 0.317 e. The van der Waals surface area contributed by atoms with Gasteiger partial charge in [-0.15, -0.1) is 0 Å². The van der Waals surface area contributed by atoms with Gasteiger partial charge < -0.3 is 20.7 Å². The van der Waals surface area contributed by atoms with E-state index in [1.165, 1.54) is 24.3 Å². The number of ether oxygens (including phenoxy) is 1. The summed E-state index contributed by atoms with van der Waals surface area (Å²) in [6, 6.07) is 5.52. The van der Waals surface area contributed by atoms with Crippen molar-refractivity contribution >= 4 is 11.9 Å². The Hall–Kier alpha value is -2.31. The molecule has 1 aromatic carbocycles. The second-order valence-electron chi connectivity index (χ2n) is 5.20. The van der Waals surface area contributed by atoms with Crippen LogP contribution < -0.4 is 15.8 Å². The fourth-order valence-electron chi connectivity index (χ4n) is 2.34. The number of carbonyl (C=O) groups is 2. The van der Waals surface area contributed by atoms with Gasteiger partial charge in [-0.3, -0.25) is 4.79 Å². The average Bonchev–Trinajstić information content (AvgIpc) is 2.53. The number of nitrogens with one attached hydrogen (secondary N) is 1. The number of rotatable bonds is 5. The van der Waals surface area contributed by atoms with E-state index in [1.54, 1.807) is 4.90 Å². The largest absolute Gasteiger partial charge is 0.492 e. The molecule has 1 saturated heterocycles. The number of urea groups is 1. The van der Waals surface area contributed by atoms with Crippen LogP contribution in [-0.4, -0.2) is 43.1 Å². The summed E-state index contributed by atoms with van der Waals surface area (Å²) in [7, 11) is 0.